The first-order chi connectivity index (χ1) is 5.40. The van der Waals surface area contributed by atoms with Gasteiger partial charge in [0.15, 0.2) is 0 Å². The minimum atomic E-state index is -0.0441. The third-order valence-electron chi connectivity index (χ3n) is 2.08. The average Bonchev–Trinajstić information content (AvgIpc) is 1.85. The maximum absolute atomic E-state index is 10.1. The molecule has 0 fully saturated rings. The summed E-state index contributed by atoms with van der Waals surface area (Å²) in [6.07, 6.45) is -0.0441. The van der Waals surface area contributed by atoms with E-state index >= 15 is 0 Å². The first kappa shape index (κ1) is 11.4. The fourth-order valence-electron chi connectivity index (χ4n) is 1.21. The Labute approximate surface area is 74.7 Å². The molecule has 1 unspecified atom stereocenters. The third kappa shape index (κ3) is 3.72. The summed E-state index contributed by atoms with van der Waals surface area (Å²) < 4.78 is 4.90. The fraction of sp³-hybridized carbons (Fsp3) is 0.889. The highest BCUT2D eigenvalue weighted by molar-refractivity contribution is 5.37. The number of hydrogen-bond donors (Lipinski definition) is 0. The zero-order chi connectivity index (χ0) is 9.78. The van der Waals surface area contributed by atoms with Crippen LogP contribution in [-0.2, 0) is 9.53 Å². The van der Waals surface area contributed by atoms with Crippen molar-refractivity contribution in [1.29, 1.82) is 0 Å². The van der Waals surface area contributed by atoms with E-state index in [0.29, 0.717) is 6.47 Å². The Kier molecular flexibility index (Phi) is 4.24. The van der Waals surface area contributed by atoms with Crippen molar-refractivity contribution in [2.75, 3.05) is 20.6 Å². The van der Waals surface area contributed by atoms with Gasteiger partial charge < -0.3 is 9.64 Å². The van der Waals surface area contributed by atoms with E-state index in [1.165, 1.54) is 0 Å². The van der Waals surface area contributed by atoms with Crippen molar-refractivity contribution in [2.45, 2.75) is 26.9 Å². The Morgan fingerprint density at radius 1 is 1.50 bits per heavy atom. The van der Waals surface area contributed by atoms with Crippen LogP contribution in [0.2, 0.25) is 0 Å². The van der Waals surface area contributed by atoms with Crippen molar-refractivity contribution in [1.82, 2.24) is 4.90 Å². The van der Waals surface area contributed by atoms with Crippen LogP contribution in [-0.4, -0.2) is 38.1 Å². The summed E-state index contributed by atoms with van der Waals surface area (Å²) in [6.45, 7) is 7.50. The lowest BCUT2D eigenvalue weighted by Crippen LogP contribution is -2.38. The van der Waals surface area contributed by atoms with Gasteiger partial charge in [0, 0.05) is 12.0 Å². The Balaban J connectivity index is 4.07. The minimum Gasteiger partial charge on any atom is -0.464 e. The molecule has 0 aromatic rings. The Morgan fingerprint density at radius 3 is 2.33 bits per heavy atom. The fourth-order valence-corrected chi connectivity index (χ4v) is 1.21. The van der Waals surface area contributed by atoms with Crippen LogP contribution in [0.1, 0.15) is 20.8 Å². The van der Waals surface area contributed by atoms with Crippen molar-refractivity contribution in [3.8, 4) is 0 Å². The number of carbonyl (C=O) groups excluding carboxylic acids is 1. The smallest absolute Gasteiger partial charge is 0.293 e. The minimum absolute atomic E-state index is 0.00438. The standard InChI is InChI=1S/C9H19NO2/c1-8(12-7-11)9(2,3)6-10(4)5/h7-8H,6H2,1-5H3. The zero-order valence-electron chi connectivity index (χ0n) is 8.63. The third-order valence-corrected chi connectivity index (χ3v) is 2.08. The first-order valence-corrected chi connectivity index (χ1v) is 4.14. The number of ether oxygens (including phenoxy) is 1. The van der Waals surface area contributed by atoms with Gasteiger partial charge in [0.1, 0.15) is 6.10 Å². The van der Waals surface area contributed by atoms with Gasteiger partial charge in [-0.2, -0.15) is 0 Å². The van der Waals surface area contributed by atoms with E-state index in [0.717, 1.165) is 6.54 Å². The van der Waals surface area contributed by atoms with E-state index in [1.54, 1.807) is 0 Å². The van der Waals surface area contributed by atoms with Crippen molar-refractivity contribution < 1.29 is 9.53 Å². The molecule has 0 rings (SSSR count). The molecule has 0 heterocycles. The van der Waals surface area contributed by atoms with Crippen LogP contribution in [0.25, 0.3) is 0 Å². The lowest BCUT2D eigenvalue weighted by Gasteiger charge is -2.32. The lowest BCUT2D eigenvalue weighted by atomic mass is 9.87. The number of rotatable bonds is 5. The molecule has 0 spiro atoms. The number of carbonyl (C=O) groups is 1. The quantitative estimate of drug-likeness (QED) is 0.584. The van der Waals surface area contributed by atoms with Crippen molar-refractivity contribution in [3.63, 3.8) is 0 Å². The van der Waals surface area contributed by atoms with Crippen LogP contribution < -0.4 is 0 Å². The highest BCUT2D eigenvalue weighted by atomic mass is 16.5. The molecule has 0 radical (unpaired) electrons. The molecule has 0 aliphatic heterocycles. The molecule has 72 valence electrons. The summed E-state index contributed by atoms with van der Waals surface area (Å²) >= 11 is 0. The molecule has 12 heavy (non-hydrogen) atoms. The molecule has 0 saturated heterocycles. The molecular weight excluding hydrogens is 154 g/mol. The first-order valence-electron chi connectivity index (χ1n) is 4.14. The Morgan fingerprint density at radius 2 is 2.00 bits per heavy atom. The van der Waals surface area contributed by atoms with Gasteiger partial charge in [0.25, 0.3) is 6.47 Å². The zero-order valence-corrected chi connectivity index (χ0v) is 8.63. The van der Waals surface area contributed by atoms with Crippen LogP contribution >= 0.6 is 0 Å². The molecule has 0 aliphatic rings. The van der Waals surface area contributed by atoms with Crippen LogP contribution in [0.5, 0.6) is 0 Å². The molecule has 0 N–H and O–H groups in total. The van der Waals surface area contributed by atoms with E-state index in [4.69, 9.17) is 4.74 Å². The van der Waals surface area contributed by atoms with Gasteiger partial charge in [-0.3, -0.25) is 4.79 Å². The largest absolute Gasteiger partial charge is 0.464 e. The summed E-state index contributed by atoms with van der Waals surface area (Å²) in [5, 5.41) is 0. The van der Waals surface area contributed by atoms with E-state index in [-0.39, 0.29) is 11.5 Å². The normalized spacial score (nSPS) is 14.5. The van der Waals surface area contributed by atoms with Crippen molar-refractivity contribution in [2.24, 2.45) is 5.41 Å². The van der Waals surface area contributed by atoms with Crippen LogP contribution in [0.4, 0.5) is 0 Å². The predicted octanol–water partition coefficient (Wildman–Crippen LogP) is 1.14. The van der Waals surface area contributed by atoms with Gasteiger partial charge in [-0.25, -0.2) is 0 Å². The highest BCUT2D eigenvalue weighted by Gasteiger charge is 2.27. The molecule has 0 aromatic heterocycles. The topological polar surface area (TPSA) is 29.5 Å². The summed E-state index contributed by atoms with van der Waals surface area (Å²) in [6, 6.07) is 0. The molecule has 0 bridgehead atoms. The summed E-state index contributed by atoms with van der Waals surface area (Å²) in [7, 11) is 4.02. The highest BCUT2D eigenvalue weighted by Crippen LogP contribution is 2.22. The molecule has 0 aliphatic carbocycles. The van der Waals surface area contributed by atoms with Gasteiger partial charge in [-0.1, -0.05) is 13.8 Å². The Bertz CT molecular complexity index is 143. The molecule has 0 aromatic carbocycles. The monoisotopic (exact) mass is 173 g/mol. The molecule has 0 saturated carbocycles. The second-order valence-corrected chi connectivity index (χ2v) is 4.10. The van der Waals surface area contributed by atoms with Crippen molar-refractivity contribution in [3.05, 3.63) is 0 Å². The maximum atomic E-state index is 10.1. The van der Waals surface area contributed by atoms with Crippen LogP contribution in [0.15, 0.2) is 0 Å². The SMILES string of the molecule is CC(OC=O)C(C)(C)CN(C)C. The molecule has 3 heteroatoms. The van der Waals surface area contributed by atoms with Crippen LogP contribution in [0, 0.1) is 5.41 Å². The Hall–Kier alpha value is -0.570. The lowest BCUT2D eigenvalue weighted by molar-refractivity contribution is -0.138. The summed E-state index contributed by atoms with van der Waals surface area (Å²) in [4.78, 5) is 12.2. The van der Waals surface area contributed by atoms with E-state index < -0.39 is 0 Å². The van der Waals surface area contributed by atoms with Gasteiger partial charge in [-0.15, -0.1) is 0 Å². The molecule has 1 atom stereocenters. The van der Waals surface area contributed by atoms with Gasteiger partial charge >= 0.3 is 0 Å². The van der Waals surface area contributed by atoms with E-state index in [2.05, 4.69) is 18.7 Å². The predicted molar refractivity (Wildman–Crippen MR) is 48.9 cm³/mol. The molecule has 3 nitrogen and oxygen atoms in total. The second kappa shape index (κ2) is 4.45. The van der Waals surface area contributed by atoms with Gasteiger partial charge in [0.2, 0.25) is 0 Å². The summed E-state index contributed by atoms with van der Waals surface area (Å²) in [5.41, 5.74) is 0.00438. The van der Waals surface area contributed by atoms with E-state index in [1.807, 2.05) is 21.0 Å². The molecular formula is C9H19NO2. The van der Waals surface area contributed by atoms with Crippen molar-refractivity contribution >= 4 is 6.47 Å². The molecule has 0 amide bonds. The van der Waals surface area contributed by atoms with Gasteiger partial charge in [0.05, 0.1) is 0 Å². The average molecular weight is 173 g/mol. The second-order valence-electron chi connectivity index (χ2n) is 4.10. The summed E-state index contributed by atoms with van der Waals surface area (Å²) in [5.74, 6) is 0. The number of hydrogen-bond acceptors (Lipinski definition) is 3. The van der Waals surface area contributed by atoms with E-state index in [9.17, 15) is 4.79 Å². The van der Waals surface area contributed by atoms with Gasteiger partial charge in [-0.05, 0) is 21.0 Å². The number of nitrogens with zero attached hydrogens (tertiary/aromatic N) is 1. The van der Waals surface area contributed by atoms with Crippen LogP contribution in [0.3, 0.4) is 0 Å². The maximum Gasteiger partial charge on any atom is 0.293 e.